The van der Waals surface area contributed by atoms with Crippen molar-refractivity contribution in [2.75, 3.05) is 12.4 Å². The molecule has 0 saturated carbocycles. The Hall–Kier alpha value is -2.24. The maximum Gasteiger partial charge on any atom is 0.412 e. The van der Waals surface area contributed by atoms with Gasteiger partial charge in [-0.1, -0.05) is 13.8 Å². The predicted octanol–water partition coefficient (Wildman–Crippen LogP) is 3.79. The van der Waals surface area contributed by atoms with Gasteiger partial charge in [0.05, 0.1) is 13.5 Å². The quantitative estimate of drug-likeness (QED) is 0.861. The van der Waals surface area contributed by atoms with E-state index in [-0.39, 0.29) is 6.42 Å². The summed E-state index contributed by atoms with van der Waals surface area (Å²) in [6.45, 7) is 8.92. The van der Waals surface area contributed by atoms with Gasteiger partial charge < -0.3 is 14.6 Å². The third-order valence-corrected chi connectivity index (χ3v) is 3.18. The van der Waals surface area contributed by atoms with Crippen LogP contribution in [0.5, 0.6) is 5.75 Å². The third-order valence-electron chi connectivity index (χ3n) is 3.18. The van der Waals surface area contributed by atoms with Crippen LogP contribution in [0, 0.1) is 0 Å². The normalized spacial score (nSPS) is 11.7. The maximum absolute atomic E-state index is 12.0. The molecule has 0 unspecified atom stereocenters. The molecule has 0 fully saturated rings. The number of ether oxygens (including phenoxy) is 2. The Morgan fingerprint density at radius 1 is 1.17 bits per heavy atom. The van der Waals surface area contributed by atoms with Crippen molar-refractivity contribution in [2.45, 2.75) is 52.1 Å². The minimum atomic E-state index is -0.916. The van der Waals surface area contributed by atoms with E-state index in [0.29, 0.717) is 17.0 Å². The summed E-state index contributed by atoms with van der Waals surface area (Å²) in [6, 6.07) is 5.12. The number of amides is 1. The van der Waals surface area contributed by atoms with Crippen molar-refractivity contribution in [1.82, 2.24) is 0 Å². The summed E-state index contributed by atoms with van der Waals surface area (Å²) in [4.78, 5) is 23.1. The van der Waals surface area contributed by atoms with Crippen molar-refractivity contribution in [1.29, 1.82) is 0 Å². The van der Waals surface area contributed by atoms with Gasteiger partial charge in [-0.2, -0.15) is 0 Å². The molecule has 0 aliphatic carbocycles. The molecule has 0 spiro atoms. The van der Waals surface area contributed by atoms with Crippen LogP contribution in [0.3, 0.4) is 0 Å². The highest BCUT2D eigenvalue weighted by atomic mass is 16.6. The number of nitrogens with one attached hydrogen (secondary N) is 1. The monoisotopic (exact) mass is 323 g/mol. The fourth-order valence-electron chi connectivity index (χ4n) is 2.21. The molecule has 1 aromatic carbocycles. The first kappa shape index (κ1) is 18.8. The summed E-state index contributed by atoms with van der Waals surface area (Å²) in [5.74, 6) is -0.325. The topological polar surface area (TPSA) is 84.9 Å². The summed E-state index contributed by atoms with van der Waals surface area (Å²) in [5.41, 5.74) is -0.130. The van der Waals surface area contributed by atoms with Gasteiger partial charge in [0.15, 0.2) is 0 Å². The number of hydrogen-bond acceptors (Lipinski definition) is 4. The minimum absolute atomic E-state index is 0.0802. The first-order valence-corrected chi connectivity index (χ1v) is 7.35. The van der Waals surface area contributed by atoms with Crippen LogP contribution in [-0.4, -0.2) is 29.9 Å². The Morgan fingerprint density at radius 2 is 1.78 bits per heavy atom. The SMILES string of the molecule is COc1ccc(NC(=O)OC(C)(C)C)c(C(C)(C)CC(=O)O)c1. The summed E-state index contributed by atoms with van der Waals surface area (Å²) in [6.07, 6.45) is -0.668. The molecule has 0 aliphatic heterocycles. The Morgan fingerprint density at radius 3 is 2.26 bits per heavy atom. The minimum Gasteiger partial charge on any atom is -0.497 e. The number of methoxy groups -OCH3 is 1. The van der Waals surface area contributed by atoms with Crippen molar-refractivity contribution >= 4 is 17.7 Å². The van der Waals surface area contributed by atoms with Crippen LogP contribution in [0.1, 0.15) is 46.6 Å². The Balaban J connectivity index is 3.17. The van der Waals surface area contributed by atoms with Gasteiger partial charge in [-0.05, 0) is 44.5 Å². The average Bonchev–Trinajstić information content (AvgIpc) is 2.35. The zero-order valence-corrected chi connectivity index (χ0v) is 14.5. The van der Waals surface area contributed by atoms with Crippen LogP contribution < -0.4 is 10.1 Å². The zero-order valence-electron chi connectivity index (χ0n) is 14.5. The van der Waals surface area contributed by atoms with Gasteiger partial charge in [-0.25, -0.2) is 4.79 Å². The third kappa shape index (κ3) is 5.81. The Labute approximate surface area is 136 Å². The lowest BCUT2D eigenvalue weighted by Gasteiger charge is -2.27. The number of benzene rings is 1. The Kier molecular flexibility index (Phi) is 5.64. The van der Waals surface area contributed by atoms with E-state index in [0.717, 1.165) is 0 Å². The van der Waals surface area contributed by atoms with Crippen molar-refractivity contribution in [3.8, 4) is 5.75 Å². The smallest absolute Gasteiger partial charge is 0.412 e. The van der Waals surface area contributed by atoms with Gasteiger partial charge >= 0.3 is 12.1 Å². The van der Waals surface area contributed by atoms with Crippen LogP contribution in [0.2, 0.25) is 0 Å². The average molecular weight is 323 g/mol. The van der Waals surface area contributed by atoms with E-state index in [1.54, 1.807) is 52.8 Å². The van der Waals surface area contributed by atoms with E-state index in [9.17, 15) is 9.59 Å². The highest BCUT2D eigenvalue weighted by Gasteiger charge is 2.28. The second-order valence-corrected chi connectivity index (χ2v) is 6.99. The molecule has 6 nitrogen and oxygen atoms in total. The van der Waals surface area contributed by atoms with Crippen LogP contribution in [0.4, 0.5) is 10.5 Å². The largest absolute Gasteiger partial charge is 0.497 e. The van der Waals surface area contributed by atoms with Crippen LogP contribution >= 0.6 is 0 Å². The lowest BCUT2D eigenvalue weighted by molar-refractivity contribution is -0.138. The fraction of sp³-hybridized carbons (Fsp3) is 0.529. The molecular formula is C17H25NO5. The molecule has 1 rings (SSSR count). The number of anilines is 1. The van der Waals surface area contributed by atoms with E-state index < -0.39 is 23.1 Å². The first-order chi connectivity index (χ1) is 10.4. The van der Waals surface area contributed by atoms with Crippen LogP contribution in [0.25, 0.3) is 0 Å². The lowest BCUT2D eigenvalue weighted by Crippen LogP contribution is -2.29. The molecule has 0 atom stereocenters. The van der Waals surface area contributed by atoms with Crippen LogP contribution in [0.15, 0.2) is 18.2 Å². The first-order valence-electron chi connectivity index (χ1n) is 7.35. The molecule has 23 heavy (non-hydrogen) atoms. The van der Waals surface area contributed by atoms with E-state index in [4.69, 9.17) is 14.6 Å². The lowest BCUT2D eigenvalue weighted by atomic mass is 9.80. The van der Waals surface area contributed by atoms with Gasteiger partial charge in [-0.15, -0.1) is 0 Å². The molecule has 128 valence electrons. The standard InChI is InChI=1S/C17H25NO5/c1-16(2,3)23-15(21)18-13-8-7-11(22-6)9-12(13)17(4,5)10-14(19)20/h7-9H,10H2,1-6H3,(H,18,21)(H,19,20). The summed E-state index contributed by atoms with van der Waals surface area (Å²) >= 11 is 0. The molecular weight excluding hydrogens is 298 g/mol. The second kappa shape index (κ2) is 6.89. The molecule has 0 bridgehead atoms. The molecule has 0 aliphatic rings. The molecule has 6 heteroatoms. The van der Waals surface area contributed by atoms with E-state index in [2.05, 4.69) is 5.32 Å². The maximum atomic E-state index is 12.0. The summed E-state index contributed by atoms with van der Waals surface area (Å²) in [7, 11) is 1.53. The number of carbonyl (C=O) groups excluding carboxylic acids is 1. The number of carbonyl (C=O) groups is 2. The van der Waals surface area contributed by atoms with Crippen molar-refractivity contribution < 1.29 is 24.2 Å². The second-order valence-electron chi connectivity index (χ2n) is 6.99. The van der Waals surface area contributed by atoms with Crippen molar-refractivity contribution in [2.24, 2.45) is 0 Å². The molecule has 1 amide bonds. The van der Waals surface area contributed by atoms with E-state index >= 15 is 0 Å². The zero-order chi connectivity index (χ0) is 17.8. The molecule has 0 aromatic heterocycles. The summed E-state index contributed by atoms with van der Waals surface area (Å²) in [5, 5.41) is 11.8. The van der Waals surface area contributed by atoms with Gasteiger partial charge in [0, 0.05) is 11.1 Å². The number of rotatable bonds is 5. The van der Waals surface area contributed by atoms with Gasteiger partial charge in [0.25, 0.3) is 0 Å². The number of hydrogen-bond donors (Lipinski definition) is 2. The molecule has 1 aromatic rings. The fourth-order valence-corrected chi connectivity index (χ4v) is 2.21. The van der Waals surface area contributed by atoms with Crippen molar-refractivity contribution in [3.63, 3.8) is 0 Å². The number of aliphatic carboxylic acids is 1. The highest BCUT2D eigenvalue weighted by Crippen LogP contribution is 2.35. The molecule has 0 heterocycles. The van der Waals surface area contributed by atoms with Crippen molar-refractivity contribution in [3.05, 3.63) is 23.8 Å². The van der Waals surface area contributed by atoms with E-state index in [1.807, 2.05) is 0 Å². The van der Waals surface area contributed by atoms with Gasteiger partial charge in [0.1, 0.15) is 11.4 Å². The van der Waals surface area contributed by atoms with E-state index in [1.165, 1.54) is 7.11 Å². The number of carboxylic acids is 1. The number of carboxylic acid groups (broad SMARTS) is 1. The Bertz CT molecular complexity index is 587. The van der Waals surface area contributed by atoms with Gasteiger partial charge in [0.2, 0.25) is 0 Å². The van der Waals surface area contributed by atoms with Gasteiger partial charge in [-0.3, -0.25) is 10.1 Å². The van der Waals surface area contributed by atoms with Crippen LogP contribution in [-0.2, 0) is 14.9 Å². The molecule has 0 saturated heterocycles. The molecule has 2 N–H and O–H groups in total. The predicted molar refractivity (Wildman–Crippen MR) is 88.1 cm³/mol. The highest BCUT2D eigenvalue weighted by molar-refractivity contribution is 5.86. The molecule has 0 radical (unpaired) electrons. The summed E-state index contributed by atoms with van der Waals surface area (Å²) < 4.78 is 10.5.